The number of benzene rings is 2. The van der Waals surface area contributed by atoms with Gasteiger partial charge in [0.1, 0.15) is 23.0 Å². The quantitative estimate of drug-likeness (QED) is 0.348. The van der Waals surface area contributed by atoms with Crippen molar-refractivity contribution < 1.29 is 23.7 Å². The normalized spacial score (nSPS) is 11.2. The Hall–Kier alpha value is -2.24. The van der Waals surface area contributed by atoms with E-state index in [1.165, 1.54) is 0 Å². The first-order valence-electron chi connectivity index (χ1n) is 11.1. The molecule has 0 saturated carbocycles. The number of ether oxygens (including phenoxy) is 5. The zero-order valence-electron chi connectivity index (χ0n) is 19.9. The van der Waals surface area contributed by atoms with Gasteiger partial charge in [0, 0.05) is 24.3 Å². The van der Waals surface area contributed by atoms with Crippen LogP contribution in [-0.2, 0) is 22.3 Å². The number of hydrogen-bond acceptors (Lipinski definition) is 5. The van der Waals surface area contributed by atoms with Crippen molar-refractivity contribution in [3.05, 3.63) is 47.5 Å². The summed E-state index contributed by atoms with van der Waals surface area (Å²) >= 11 is 0. The van der Waals surface area contributed by atoms with Crippen LogP contribution >= 0.6 is 0 Å². The van der Waals surface area contributed by atoms with E-state index >= 15 is 0 Å². The second-order valence-corrected chi connectivity index (χ2v) is 8.49. The lowest BCUT2D eigenvalue weighted by molar-refractivity contribution is 0.112. The van der Waals surface area contributed by atoms with E-state index in [-0.39, 0.29) is 0 Å². The van der Waals surface area contributed by atoms with Crippen molar-refractivity contribution in [2.24, 2.45) is 11.8 Å². The van der Waals surface area contributed by atoms with E-state index in [2.05, 4.69) is 27.7 Å². The highest BCUT2D eigenvalue weighted by Gasteiger charge is 2.12. The fourth-order valence-corrected chi connectivity index (χ4v) is 3.08. The van der Waals surface area contributed by atoms with Crippen LogP contribution in [0.1, 0.15) is 38.8 Å². The lowest BCUT2D eigenvalue weighted by Crippen LogP contribution is -2.07. The number of methoxy groups -OCH3 is 2. The lowest BCUT2D eigenvalue weighted by Gasteiger charge is -2.17. The molecule has 0 aromatic heterocycles. The molecular formula is C26H38O5. The number of hydrogen-bond donors (Lipinski definition) is 0. The zero-order valence-corrected chi connectivity index (χ0v) is 19.9. The van der Waals surface area contributed by atoms with Gasteiger partial charge in [-0.15, -0.1) is 0 Å². The molecule has 0 N–H and O–H groups in total. The average molecular weight is 431 g/mol. The van der Waals surface area contributed by atoms with Crippen molar-refractivity contribution >= 4 is 0 Å². The highest BCUT2D eigenvalue weighted by Crippen LogP contribution is 2.33. The molecule has 0 aliphatic carbocycles. The summed E-state index contributed by atoms with van der Waals surface area (Å²) in [5.74, 6) is 4.26. The van der Waals surface area contributed by atoms with Gasteiger partial charge in [0.15, 0.2) is 0 Å². The van der Waals surface area contributed by atoms with Crippen LogP contribution in [0.5, 0.6) is 23.0 Å². The smallest absolute Gasteiger partial charge is 0.130 e. The monoisotopic (exact) mass is 430 g/mol. The van der Waals surface area contributed by atoms with Gasteiger partial charge in [-0.05, 0) is 61.1 Å². The minimum Gasteiger partial charge on any atom is -0.497 e. The fourth-order valence-electron chi connectivity index (χ4n) is 3.08. The number of rotatable bonds is 14. The third-order valence-electron chi connectivity index (χ3n) is 4.69. The average Bonchev–Trinajstić information content (AvgIpc) is 2.75. The van der Waals surface area contributed by atoms with Gasteiger partial charge in [-0.1, -0.05) is 27.7 Å². The van der Waals surface area contributed by atoms with Crippen LogP contribution in [0.4, 0.5) is 0 Å². The summed E-state index contributed by atoms with van der Waals surface area (Å²) in [7, 11) is 3.35. The molecule has 5 heteroatoms. The molecule has 0 aliphatic rings. The summed E-state index contributed by atoms with van der Waals surface area (Å²) < 4.78 is 28.8. The molecule has 31 heavy (non-hydrogen) atoms. The Balaban J connectivity index is 2.17. The van der Waals surface area contributed by atoms with Crippen molar-refractivity contribution in [1.82, 2.24) is 0 Å². The van der Waals surface area contributed by atoms with Gasteiger partial charge in [-0.2, -0.15) is 0 Å². The minimum absolute atomic E-state index is 0.515. The van der Waals surface area contributed by atoms with Crippen LogP contribution in [-0.4, -0.2) is 40.6 Å². The maximum Gasteiger partial charge on any atom is 0.130 e. The third kappa shape index (κ3) is 8.80. The first kappa shape index (κ1) is 25.0. The fraction of sp³-hybridized carbons (Fsp3) is 0.538. The van der Waals surface area contributed by atoms with Gasteiger partial charge in [0.05, 0.1) is 27.4 Å². The third-order valence-corrected chi connectivity index (χ3v) is 4.69. The molecule has 0 amide bonds. The Morgan fingerprint density at radius 3 is 1.42 bits per heavy atom. The summed E-state index contributed by atoms with van der Waals surface area (Å²) in [6, 6.07) is 11.8. The van der Waals surface area contributed by atoms with Crippen molar-refractivity contribution in [2.75, 3.05) is 40.6 Å². The summed E-state index contributed by atoms with van der Waals surface area (Å²) in [6.45, 7) is 11.4. The van der Waals surface area contributed by atoms with Crippen LogP contribution in [0.3, 0.4) is 0 Å². The van der Waals surface area contributed by atoms with E-state index in [1.807, 2.05) is 36.4 Å². The Morgan fingerprint density at radius 2 is 1.06 bits per heavy atom. The molecule has 0 spiro atoms. The van der Waals surface area contributed by atoms with Crippen molar-refractivity contribution in [3.8, 4) is 23.0 Å². The SMILES string of the molecule is COc1ccc(Oc2ccc(OC)cc2CCOCC(C)C)c(CCOCC(C)C)c1. The van der Waals surface area contributed by atoms with Crippen LogP contribution in [0.25, 0.3) is 0 Å². The Labute approximate surface area is 187 Å². The lowest BCUT2D eigenvalue weighted by atomic mass is 10.1. The molecule has 0 fully saturated rings. The molecule has 0 atom stereocenters. The molecule has 2 rings (SSSR count). The molecule has 5 nitrogen and oxygen atoms in total. The van der Waals surface area contributed by atoms with Crippen LogP contribution < -0.4 is 14.2 Å². The summed E-state index contributed by atoms with van der Waals surface area (Å²) in [5, 5.41) is 0. The largest absolute Gasteiger partial charge is 0.497 e. The molecule has 0 aliphatic heterocycles. The van der Waals surface area contributed by atoms with Gasteiger partial charge >= 0.3 is 0 Å². The topological polar surface area (TPSA) is 46.2 Å². The molecule has 172 valence electrons. The summed E-state index contributed by atoms with van der Waals surface area (Å²) in [4.78, 5) is 0. The van der Waals surface area contributed by atoms with Gasteiger partial charge in [-0.25, -0.2) is 0 Å². The molecule has 0 heterocycles. The molecule has 2 aromatic rings. The van der Waals surface area contributed by atoms with Crippen LogP contribution in [0, 0.1) is 11.8 Å². The van der Waals surface area contributed by atoms with E-state index in [4.69, 9.17) is 23.7 Å². The second kappa shape index (κ2) is 13.2. The first-order chi connectivity index (χ1) is 14.9. The van der Waals surface area contributed by atoms with E-state index in [0.717, 1.165) is 60.2 Å². The van der Waals surface area contributed by atoms with Gasteiger partial charge in [0.2, 0.25) is 0 Å². The van der Waals surface area contributed by atoms with Gasteiger partial charge in [-0.3, -0.25) is 0 Å². The molecular weight excluding hydrogens is 392 g/mol. The Bertz CT molecular complexity index is 720. The minimum atomic E-state index is 0.515. The Morgan fingerprint density at radius 1 is 0.645 bits per heavy atom. The highest BCUT2D eigenvalue weighted by molar-refractivity contribution is 5.47. The molecule has 0 saturated heterocycles. The van der Waals surface area contributed by atoms with Crippen molar-refractivity contribution in [2.45, 2.75) is 40.5 Å². The van der Waals surface area contributed by atoms with E-state index < -0.39 is 0 Å². The van der Waals surface area contributed by atoms with Gasteiger partial charge in [0.25, 0.3) is 0 Å². The zero-order chi connectivity index (χ0) is 22.6. The molecule has 0 bridgehead atoms. The molecule has 2 aromatic carbocycles. The predicted molar refractivity (Wildman–Crippen MR) is 125 cm³/mol. The molecule has 0 radical (unpaired) electrons. The van der Waals surface area contributed by atoms with Crippen molar-refractivity contribution in [3.63, 3.8) is 0 Å². The first-order valence-corrected chi connectivity index (χ1v) is 11.1. The second-order valence-electron chi connectivity index (χ2n) is 8.49. The summed E-state index contributed by atoms with van der Waals surface area (Å²) in [5.41, 5.74) is 2.11. The highest BCUT2D eigenvalue weighted by atomic mass is 16.5. The van der Waals surface area contributed by atoms with Crippen molar-refractivity contribution in [1.29, 1.82) is 0 Å². The van der Waals surface area contributed by atoms with Gasteiger partial charge < -0.3 is 23.7 Å². The van der Waals surface area contributed by atoms with E-state index in [1.54, 1.807) is 14.2 Å². The van der Waals surface area contributed by atoms with Crippen LogP contribution in [0.15, 0.2) is 36.4 Å². The van der Waals surface area contributed by atoms with E-state index in [0.29, 0.717) is 25.0 Å². The van der Waals surface area contributed by atoms with E-state index in [9.17, 15) is 0 Å². The maximum atomic E-state index is 6.37. The van der Waals surface area contributed by atoms with Crippen LogP contribution in [0.2, 0.25) is 0 Å². The molecule has 0 unspecified atom stereocenters. The predicted octanol–water partition coefficient (Wildman–Crippen LogP) is 5.93. The Kier molecular flexibility index (Phi) is 10.7. The maximum absolute atomic E-state index is 6.37. The standard InChI is InChI=1S/C26H38O5/c1-19(2)17-29-13-11-21-15-23(27-5)7-9-25(21)31-26-10-8-24(28-6)16-22(26)12-14-30-18-20(3)4/h7-10,15-16,19-20H,11-14,17-18H2,1-6H3. The summed E-state index contributed by atoms with van der Waals surface area (Å²) in [6.07, 6.45) is 1.50.